The number of benzene rings is 2. The second-order valence-corrected chi connectivity index (χ2v) is 5.08. The second kappa shape index (κ2) is 8.21. The lowest BCUT2D eigenvalue weighted by Gasteiger charge is -2.11. The molecule has 0 saturated heterocycles. The van der Waals surface area contributed by atoms with Gasteiger partial charge in [-0.3, -0.25) is 4.79 Å². The first kappa shape index (κ1) is 17.6. The van der Waals surface area contributed by atoms with Crippen molar-refractivity contribution in [2.24, 2.45) is 0 Å². The van der Waals surface area contributed by atoms with E-state index in [2.05, 4.69) is 5.32 Å². The molecular weight excluding hydrogens is 334 g/mol. The Kier molecular flexibility index (Phi) is 6.03. The number of rotatable bonds is 6. The zero-order chi connectivity index (χ0) is 17.5. The number of carbonyl (C=O) groups excluding carboxylic acids is 2. The summed E-state index contributed by atoms with van der Waals surface area (Å²) in [5, 5.41) is 2.96. The molecule has 0 radical (unpaired) electrons. The molecule has 0 aromatic heterocycles. The van der Waals surface area contributed by atoms with Crippen molar-refractivity contribution >= 4 is 29.2 Å². The van der Waals surface area contributed by atoms with Crippen molar-refractivity contribution in [3.05, 3.63) is 53.1 Å². The first-order valence-electron chi connectivity index (χ1n) is 6.98. The fourth-order valence-electron chi connectivity index (χ4n) is 1.92. The van der Waals surface area contributed by atoms with Gasteiger partial charge in [0.15, 0.2) is 6.61 Å². The fraction of sp³-hybridized carbons (Fsp3) is 0.176. The Balaban J connectivity index is 1.98. The van der Waals surface area contributed by atoms with Gasteiger partial charge in [-0.1, -0.05) is 23.7 Å². The number of amides is 1. The van der Waals surface area contributed by atoms with Crippen LogP contribution in [-0.2, 0) is 9.53 Å². The molecule has 2 aromatic rings. The number of methoxy groups -OCH3 is 2. The molecule has 1 amide bonds. The number of hydrogen-bond donors (Lipinski definition) is 1. The van der Waals surface area contributed by atoms with Crippen molar-refractivity contribution in [2.75, 3.05) is 26.1 Å². The van der Waals surface area contributed by atoms with Crippen LogP contribution in [0.1, 0.15) is 10.4 Å². The number of halogens is 1. The van der Waals surface area contributed by atoms with Crippen LogP contribution >= 0.6 is 11.6 Å². The molecule has 0 atom stereocenters. The Morgan fingerprint density at radius 1 is 1.08 bits per heavy atom. The molecule has 0 unspecified atom stereocenters. The summed E-state index contributed by atoms with van der Waals surface area (Å²) in [7, 11) is 2.93. The number of para-hydroxylation sites is 1. The Morgan fingerprint density at radius 2 is 1.83 bits per heavy atom. The largest absolute Gasteiger partial charge is 0.497 e. The quantitative estimate of drug-likeness (QED) is 0.811. The van der Waals surface area contributed by atoms with Crippen LogP contribution in [0.2, 0.25) is 5.02 Å². The van der Waals surface area contributed by atoms with E-state index < -0.39 is 18.5 Å². The Bertz CT molecular complexity index is 748. The third-order valence-electron chi connectivity index (χ3n) is 3.11. The van der Waals surface area contributed by atoms with Crippen molar-refractivity contribution in [3.63, 3.8) is 0 Å². The zero-order valence-corrected chi connectivity index (χ0v) is 13.9. The molecular formula is C17H16ClNO5. The number of carbonyl (C=O) groups is 2. The van der Waals surface area contributed by atoms with Gasteiger partial charge in [0.2, 0.25) is 0 Å². The van der Waals surface area contributed by atoms with E-state index in [-0.39, 0.29) is 5.56 Å². The smallest absolute Gasteiger partial charge is 0.342 e. The molecule has 0 aliphatic heterocycles. The maximum atomic E-state index is 12.1. The average molecular weight is 350 g/mol. The lowest BCUT2D eigenvalue weighted by atomic mass is 10.2. The summed E-state index contributed by atoms with van der Waals surface area (Å²) >= 11 is 5.94. The molecule has 2 rings (SSSR count). The number of ether oxygens (including phenoxy) is 3. The maximum Gasteiger partial charge on any atom is 0.342 e. The van der Waals surface area contributed by atoms with Crippen molar-refractivity contribution in [2.45, 2.75) is 0 Å². The van der Waals surface area contributed by atoms with Gasteiger partial charge in [0.1, 0.15) is 17.1 Å². The molecule has 24 heavy (non-hydrogen) atoms. The summed E-state index contributed by atoms with van der Waals surface area (Å²) in [5.41, 5.74) is 0.645. The van der Waals surface area contributed by atoms with Gasteiger partial charge in [0, 0.05) is 6.07 Å². The van der Waals surface area contributed by atoms with E-state index in [1.165, 1.54) is 20.3 Å². The number of esters is 1. The monoisotopic (exact) mass is 349 g/mol. The molecule has 0 bridgehead atoms. The minimum Gasteiger partial charge on any atom is -0.497 e. The Labute approximate surface area is 144 Å². The van der Waals surface area contributed by atoms with Crippen molar-refractivity contribution in [3.8, 4) is 11.5 Å². The van der Waals surface area contributed by atoms with Crippen LogP contribution in [0, 0.1) is 0 Å². The summed E-state index contributed by atoms with van der Waals surface area (Å²) in [5.74, 6) is -0.335. The van der Waals surface area contributed by atoms with Gasteiger partial charge in [-0.05, 0) is 24.3 Å². The van der Waals surface area contributed by atoms with Crippen LogP contribution in [-0.4, -0.2) is 32.7 Å². The van der Waals surface area contributed by atoms with E-state index in [9.17, 15) is 9.59 Å². The topological polar surface area (TPSA) is 73.9 Å². The van der Waals surface area contributed by atoms with Crippen LogP contribution in [0.15, 0.2) is 42.5 Å². The highest BCUT2D eigenvalue weighted by atomic mass is 35.5. The number of nitrogens with one attached hydrogen (secondary N) is 1. The molecule has 7 heteroatoms. The molecule has 126 valence electrons. The number of hydrogen-bond acceptors (Lipinski definition) is 5. The zero-order valence-electron chi connectivity index (χ0n) is 13.2. The minimum atomic E-state index is -0.677. The van der Waals surface area contributed by atoms with E-state index in [0.717, 1.165) is 0 Å². The summed E-state index contributed by atoms with van der Waals surface area (Å²) in [6.07, 6.45) is 0. The van der Waals surface area contributed by atoms with E-state index in [1.54, 1.807) is 36.4 Å². The van der Waals surface area contributed by atoms with Crippen LogP contribution < -0.4 is 14.8 Å². The molecule has 0 aliphatic carbocycles. The van der Waals surface area contributed by atoms with E-state index >= 15 is 0 Å². The van der Waals surface area contributed by atoms with E-state index in [1.807, 2.05) is 0 Å². The second-order valence-electron chi connectivity index (χ2n) is 4.67. The van der Waals surface area contributed by atoms with E-state index in [0.29, 0.717) is 22.2 Å². The Morgan fingerprint density at radius 3 is 2.50 bits per heavy atom. The lowest BCUT2D eigenvalue weighted by molar-refractivity contribution is -0.119. The summed E-state index contributed by atoms with van der Waals surface area (Å²) in [6.45, 7) is -0.445. The van der Waals surface area contributed by atoms with Crippen LogP contribution in [0.3, 0.4) is 0 Å². The predicted octanol–water partition coefficient (Wildman–Crippen LogP) is 3.15. The van der Waals surface area contributed by atoms with Gasteiger partial charge in [0.25, 0.3) is 5.91 Å². The van der Waals surface area contributed by atoms with Gasteiger partial charge in [-0.2, -0.15) is 0 Å². The van der Waals surface area contributed by atoms with E-state index in [4.69, 9.17) is 25.8 Å². The normalized spacial score (nSPS) is 9.96. The minimum absolute atomic E-state index is 0.198. The molecule has 0 saturated carbocycles. The molecule has 0 spiro atoms. The third-order valence-corrected chi connectivity index (χ3v) is 3.44. The average Bonchev–Trinajstić information content (AvgIpc) is 2.61. The van der Waals surface area contributed by atoms with Gasteiger partial charge in [-0.25, -0.2) is 4.79 Å². The van der Waals surface area contributed by atoms with Crippen molar-refractivity contribution < 1.29 is 23.8 Å². The highest BCUT2D eigenvalue weighted by Gasteiger charge is 2.16. The Hall–Kier alpha value is -2.73. The molecule has 1 N–H and O–H groups in total. The van der Waals surface area contributed by atoms with Gasteiger partial charge < -0.3 is 19.5 Å². The SMILES string of the molecule is COc1ccc(C(=O)OCC(=O)Nc2ccccc2Cl)c(OC)c1. The van der Waals surface area contributed by atoms with Crippen LogP contribution in [0.5, 0.6) is 11.5 Å². The van der Waals surface area contributed by atoms with Gasteiger partial charge in [-0.15, -0.1) is 0 Å². The predicted molar refractivity (Wildman–Crippen MR) is 89.9 cm³/mol. The standard InChI is InChI=1S/C17H16ClNO5/c1-22-11-7-8-12(15(9-11)23-2)17(21)24-10-16(20)19-14-6-4-3-5-13(14)18/h3-9H,10H2,1-2H3,(H,19,20). The van der Waals surface area contributed by atoms with Crippen molar-refractivity contribution in [1.82, 2.24) is 0 Å². The first-order chi connectivity index (χ1) is 11.5. The summed E-state index contributed by atoms with van der Waals surface area (Å²) in [6, 6.07) is 11.4. The highest BCUT2D eigenvalue weighted by Crippen LogP contribution is 2.25. The summed E-state index contributed by atoms with van der Waals surface area (Å²) in [4.78, 5) is 24.0. The first-order valence-corrected chi connectivity index (χ1v) is 7.36. The lowest BCUT2D eigenvalue weighted by Crippen LogP contribution is -2.21. The maximum absolute atomic E-state index is 12.1. The van der Waals surface area contributed by atoms with Crippen molar-refractivity contribution in [1.29, 1.82) is 0 Å². The molecule has 0 heterocycles. The fourth-order valence-corrected chi connectivity index (χ4v) is 2.11. The number of anilines is 1. The molecule has 6 nitrogen and oxygen atoms in total. The van der Waals surface area contributed by atoms with Crippen LogP contribution in [0.4, 0.5) is 5.69 Å². The molecule has 0 aliphatic rings. The molecule has 2 aromatic carbocycles. The van der Waals surface area contributed by atoms with Crippen LogP contribution in [0.25, 0.3) is 0 Å². The van der Waals surface area contributed by atoms with Gasteiger partial charge in [0.05, 0.1) is 24.9 Å². The molecule has 0 fully saturated rings. The highest BCUT2D eigenvalue weighted by molar-refractivity contribution is 6.33. The summed E-state index contributed by atoms with van der Waals surface area (Å²) < 4.78 is 15.2. The van der Waals surface area contributed by atoms with Gasteiger partial charge >= 0.3 is 5.97 Å². The third kappa shape index (κ3) is 4.39.